The van der Waals surface area contributed by atoms with Crippen molar-refractivity contribution in [1.29, 1.82) is 0 Å². The molecule has 2 saturated heterocycles. The molecule has 2 N–H and O–H groups in total. The molecule has 3 aromatic heterocycles. The Hall–Kier alpha value is -2.97. The SMILES string of the molecule is c1ccc(CN2C[C@@H]3C[C@H]2CN3c2nc(Nc3cc(C4CC4)n[nH]3)c3sccc3n2)cc1. The zero-order chi connectivity index (χ0) is 21.1. The van der Waals surface area contributed by atoms with E-state index in [1.807, 2.05) is 0 Å². The van der Waals surface area contributed by atoms with E-state index < -0.39 is 0 Å². The van der Waals surface area contributed by atoms with Crippen molar-refractivity contribution < 1.29 is 0 Å². The number of hydrogen-bond donors (Lipinski definition) is 2. The summed E-state index contributed by atoms with van der Waals surface area (Å²) in [5.41, 5.74) is 3.55. The van der Waals surface area contributed by atoms with E-state index in [4.69, 9.17) is 9.97 Å². The summed E-state index contributed by atoms with van der Waals surface area (Å²) in [6.45, 7) is 3.08. The van der Waals surface area contributed by atoms with Crippen LogP contribution in [0, 0.1) is 0 Å². The van der Waals surface area contributed by atoms with E-state index >= 15 is 0 Å². The van der Waals surface area contributed by atoms with Crippen LogP contribution in [-0.2, 0) is 6.54 Å². The average Bonchev–Trinajstić information content (AvgIpc) is 3.18. The van der Waals surface area contributed by atoms with Crippen molar-refractivity contribution in [3.8, 4) is 0 Å². The molecule has 162 valence electrons. The quantitative estimate of drug-likeness (QED) is 0.457. The second-order valence-electron chi connectivity index (χ2n) is 9.22. The monoisotopic (exact) mass is 443 g/mol. The van der Waals surface area contributed by atoms with E-state index in [1.54, 1.807) is 11.3 Å². The average molecular weight is 444 g/mol. The lowest BCUT2D eigenvalue weighted by atomic mass is 10.2. The number of benzene rings is 1. The molecule has 4 aromatic rings. The van der Waals surface area contributed by atoms with Gasteiger partial charge in [-0.05, 0) is 36.3 Å². The Kier molecular flexibility index (Phi) is 4.23. The van der Waals surface area contributed by atoms with Gasteiger partial charge in [0.1, 0.15) is 5.82 Å². The molecule has 2 aliphatic heterocycles. The molecule has 8 heteroatoms. The van der Waals surface area contributed by atoms with Crippen LogP contribution in [-0.4, -0.2) is 50.2 Å². The summed E-state index contributed by atoms with van der Waals surface area (Å²) in [5.74, 6) is 3.24. The van der Waals surface area contributed by atoms with Crippen molar-refractivity contribution in [3.05, 3.63) is 59.1 Å². The number of fused-ring (bicyclic) bond motifs is 3. The fourth-order valence-corrected chi connectivity index (χ4v) is 5.96. The first-order valence-electron chi connectivity index (χ1n) is 11.4. The second kappa shape index (κ2) is 7.28. The Morgan fingerprint density at radius 2 is 1.97 bits per heavy atom. The van der Waals surface area contributed by atoms with Crippen LogP contribution in [0.5, 0.6) is 0 Å². The van der Waals surface area contributed by atoms with Crippen LogP contribution in [0.15, 0.2) is 47.8 Å². The second-order valence-corrected chi connectivity index (χ2v) is 10.1. The third kappa shape index (κ3) is 3.25. The summed E-state index contributed by atoms with van der Waals surface area (Å²) in [6.07, 6.45) is 3.68. The van der Waals surface area contributed by atoms with E-state index in [1.165, 1.54) is 24.8 Å². The molecule has 2 bridgehead atoms. The summed E-state index contributed by atoms with van der Waals surface area (Å²) >= 11 is 1.68. The van der Waals surface area contributed by atoms with Crippen LogP contribution >= 0.6 is 11.3 Å². The molecule has 7 rings (SSSR count). The summed E-state index contributed by atoms with van der Waals surface area (Å²) < 4.78 is 1.09. The minimum absolute atomic E-state index is 0.473. The van der Waals surface area contributed by atoms with E-state index in [9.17, 15) is 0 Å². The number of piperazine rings is 1. The summed E-state index contributed by atoms with van der Waals surface area (Å²) in [6, 6.07) is 16.0. The molecular formula is C24H25N7S. The summed E-state index contributed by atoms with van der Waals surface area (Å²) in [4.78, 5) is 15.0. The predicted octanol–water partition coefficient (Wildman–Crippen LogP) is 4.50. The van der Waals surface area contributed by atoms with Crippen LogP contribution < -0.4 is 10.2 Å². The van der Waals surface area contributed by atoms with Crippen LogP contribution in [0.2, 0.25) is 0 Å². The fraction of sp³-hybridized carbons (Fsp3) is 0.375. The standard InChI is InChI=1S/C24H25N7S/c1-2-4-15(5-3-1)12-30-13-18-10-17(30)14-31(18)24-25-19-8-9-32-22(19)23(27-24)26-21-11-20(28-29-21)16-6-7-16/h1-5,8-9,11,16-18H,6-7,10,12-14H2,(H2,25,26,27,28,29)/t17-,18-/m0/s1. The Morgan fingerprint density at radius 1 is 1.06 bits per heavy atom. The van der Waals surface area contributed by atoms with Crippen molar-refractivity contribution in [3.63, 3.8) is 0 Å². The highest BCUT2D eigenvalue weighted by Gasteiger charge is 2.44. The van der Waals surface area contributed by atoms with Gasteiger partial charge in [0.15, 0.2) is 5.82 Å². The van der Waals surface area contributed by atoms with Crippen molar-refractivity contribution in [2.75, 3.05) is 23.3 Å². The maximum absolute atomic E-state index is 5.00. The van der Waals surface area contributed by atoms with Gasteiger partial charge in [0, 0.05) is 43.7 Å². The third-order valence-corrected chi connectivity index (χ3v) is 7.89. The Balaban J connectivity index is 1.13. The molecule has 3 aliphatic rings. The number of likely N-dealkylation sites (tertiary alicyclic amines) is 1. The number of anilines is 3. The molecular weight excluding hydrogens is 418 g/mol. The van der Waals surface area contributed by atoms with Gasteiger partial charge in [-0.25, -0.2) is 4.98 Å². The number of thiophene rings is 1. The van der Waals surface area contributed by atoms with Gasteiger partial charge in [0.05, 0.1) is 15.9 Å². The van der Waals surface area contributed by atoms with Gasteiger partial charge in [0.2, 0.25) is 5.95 Å². The Morgan fingerprint density at radius 3 is 2.78 bits per heavy atom. The smallest absolute Gasteiger partial charge is 0.228 e. The minimum atomic E-state index is 0.473. The Labute approximate surface area is 190 Å². The molecule has 2 atom stereocenters. The number of aromatic amines is 1. The first-order valence-corrected chi connectivity index (χ1v) is 12.3. The van der Waals surface area contributed by atoms with E-state index in [0.29, 0.717) is 18.0 Å². The molecule has 1 aliphatic carbocycles. The molecule has 1 aromatic carbocycles. The zero-order valence-electron chi connectivity index (χ0n) is 17.7. The lowest BCUT2D eigenvalue weighted by Gasteiger charge is -2.34. The zero-order valence-corrected chi connectivity index (χ0v) is 18.6. The molecule has 0 unspecified atom stereocenters. The molecule has 5 heterocycles. The maximum Gasteiger partial charge on any atom is 0.228 e. The van der Waals surface area contributed by atoms with Crippen LogP contribution in [0.25, 0.3) is 10.2 Å². The molecule has 3 fully saturated rings. The van der Waals surface area contributed by atoms with Gasteiger partial charge < -0.3 is 10.2 Å². The first-order chi connectivity index (χ1) is 15.8. The van der Waals surface area contributed by atoms with Crippen molar-refractivity contribution in [2.45, 2.75) is 43.8 Å². The number of hydrogen-bond acceptors (Lipinski definition) is 7. The maximum atomic E-state index is 5.00. The van der Waals surface area contributed by atoms with Gasteiger partial charge in [-0.2, -0.15) is 10.1 Å². The molecule has 1 saturated carbocycles. The number of aromatic nitrogens is 4. The predicted molar refractivity (Wildman–Crippen MR) is 128 cm³/mol. The summed E-state index contributed by atoms with van der Waals surface area (Å²) in [5, 5.41) is 13.2. The van der Waals surface area contributed by atoms with Crippen molar-refractivity contribution >= 4 is 39.1 Å². The minimum Gasteiger partial charge on any atom is -0.335 e. The van der Waals surface area contributed by atoms with E-state index in [2.05, 4.69) is 73.2 Å². The largest absolute Gasteiger partial charge is 0.335 e. The lowest BCUT2D eigenvalue weighted by molar-refractivity contribution is 0.229. The van der Waals surface area contributed by atoms with Crippen LogP contribution in [0.1, 0.15) is 36.4 Å². The third-order valence-electron chi connectivity index (χ3n) is 6.98. The van der Waals surface area contributed by atoms with Crippen molar-refractivity contribution in [2.24, 2.45) is 0 Å². The molecule has 32 heavy (non-hydrogen) atoms. The highest BCUT2D eigenvalue weighted by atomic mass is 32.1. The molecule has 0 spiro atoms. The number of nitrogens with zero attached hydrogens (tertiary/aromatic N) is 5. The van der Waals surface area contributed by atoms with Crippen LogP contribution in [0.3, 0.4) is 0 Å². The normalized spacial score (nSPS) is 22.8. The molecule has 7 nitrogen and oxygen atoms in total. The molecule has 0 radical (unpaired) electrons. The first kappa shape index (κ1) is 18.6. The van der Waals surface area contributed by atoms with Crippen LogP contribution in [0.4, 0.5) is 17.6 Å². The highest BCUT2D eigenvalue weighted by Crippen LogP contribution is 2.40. The lowest BCUT2D eigenvalue weighted by Crippen LogP contribution is -2.46. The number of nitrogens with one attached hydrogen (secondary N) is 2. The van der Waals surface area contributed by atoms with E-state index in [0.717, 1.165) is 53.1 Å². The molecule has 0 amide bonds. The number of rotatable bonds is 6. The van der Waals surface area contributed by atoms with Gasteiger partial charge in [-0.3, -0.25) is 10.00 Å². The van der Waals surface area contributed by atoms with Crippen molar-refractivity contribution in [1.82, 2.24) is 25.1 Å². The summed E-state index contributed by atoms with van der Waals surface area (Å²) in [7, 11) is 0. The topological polar surface area (TPSA) is 73.0 Å². The van der Waals surface area contributed by atoms with Gasteiger partial charge in [0.25, 0.3) is 0 Å². The van der Waals surface area contributed by atoms with Gasteiger partial charge in [-0.15, -0.1) is 11.3 Å². The van der Waals surface area contributed by atoms with Gasteiger partial charge >= 0.3 is 0 Å². The number of H-pyrrole nitrogens is 1. The highest BCUT2D eigenvalue weighted by molar-refractivity contribution is 7.17. The fourth-order valence-electron chi connectivity index (χ4n) is 5.19. The van der Waals surface area contributed by atoms with Gasteiger partial charge in [-0.1, -0.05) is 30.3 Å². The Bertz CT molecular complexity index is 1260. The van der Waals surface area contributed by atoms with E-state index in [-0.39, 0.29) is 0 Å².